The Morgan fingerprint density at radius 3 is 2.21 bits per heavy atom. The van der Waals surface area contributed by atoms with E-state index >= 15 is 0 Å². The van der Waals surface area contributed by atoms with E-state index in [1.807, 2.05) is 11.8 Å². The predicted octanol–water partition coefficient (Wildman–Crippen LogP) is 5.81. The number of allylic oxidation sites excluding steroid dienone is 4. The molecule has 0 heterocycles. The van der Waals surface area contributed by atoms with Gasteiger partial charge in [-0.3, -0.25) is 0 Å². The number of thioether (sulfide) groups is 1. The Hall–Kier alpha value is -0.950. The van der Waals surface area contributed by atoms with Crippen LogP contribution in [0.4, 0.5) is 0 Å². The summed E-state index contributed by atoms with van der Waals surface area (Å²) < 4.78 is 0. The van der Waals surface area contributed by atoms with Crippen molar-refractivity contribution in [2.24, 2.45) is 5.92 Å². The summed E-state index contributed by atoms with van der Waals surface area (Å²) in [5.41, 5.74) is 2.91. The van der Waals surface area contributed by atoms with E-state index in [2.05, 4.69) is 70.2 Å². The van der Waals surface area contributed by atoms with Crippen LogP contribution >= 0.6 is 11.8 Å². The summed E-state index contributed by atoms with van der Waals surface area (Å²) in [6.07, 6.45) is 8.20. The van der Waals surface area contributed by atoms with Crippen molar-refractivity contribution in [3.8, 4) is 0 Å². The van der Waals surface area contributed by atoms with Crippen molar-refractivity contribution in [1.29, 1.82) is 0 Å². The Kier molecular flexibility index (Phi) is 4.93. The monoisotopic (exact) mass is 272 g/mol. The molecule has 0 radical (unpaired) electrons. The van der Waals surface area contributed by atoms with Gasteiger partial charge in [-0.2, -0.15) is 0 Å². The topological polar surface area (TPSA) is 0 Å². The highest BCUT2D eigenvalue weighted by Gasteiger charge is 2.12. The summed E-state index contributed by atoms with van der Waals surface area (Å²) in [6.45, 7) is 8.99. The van der Waals surface area contributed by atoms with Crippen LogP contribution in [0.25, 0.3) is 0 Å². The van der Waals surface area contributed by atoms with E-state index in [-0.39, 0.29) is 0 Å². The Morgan fingerprint density at radius 1 is 1.05 bits per heavy atom. The van der Waals surface area contributed by atoms with Crippen molar-refractivity contribution in [3.63, 3.8) is 0 Å². The molecule has 0 aliphatic heterocycles. The minimum atomic E-state index is 0.556. The maximum absolute atomic E-state index is 2.39. The number of hydrogen-bond donors (Lipinski definition) is 0. The Balaban J connectivity index is 2.03. The van der Waals surface area contributed by atoms with Gasteiger partial charge in [0.15, 0.2) is 0 Å². The first kappa shape index (κ1) is 14.5. The van der Waals surface area contributed by atoms with Crippen LogP contribution < -0.4 is 0 Å². The lowest BCUT2D eigenvalue weighted by Crippen LogP contribution is -2.01. The van der Waals surface area contributed by atoms with Crippen LogP contribution in [0.1, 0.15) is 45.6 Å². The normalized spacial score (nSPS) is 19.1. The first-order valence-corrected chi connectivity index (χ1v) is 8.09. The first-order chi connectivity index (χ1) is 9.06. The van der Waals surface area contributed by atoms with Crippen molar-refractivity contribution in [3.05, 3.63) is 53.6 Å². The average molecular weight is 272 g/mol. The lowest BCUT2D eigenvalue weighted by Gasteiger charge is -2.18. The molecule has 102 valence electrons. The van der Waals surface area contributed by atoms with Crippen LogP contribution in [0.2, 0.25) is 0 Å². The molecule has 0 aromatic heterocycles. The Labute approximate surface area is 122 Å². The number of benzene rings is 1. The molecule has 0 saturated carbocycles. The molecule has 1 aliphatic carbocycles. The molecule has 0 spiro atoms. The van der Waals surface area contributed by atoms with E-state index in [0.717, 1.165) is 6.42 Å². The summed E-state index contributed by atoms with van der Waals surface area (Å²) >= 11 is 1.93. The molecule has 0 N–H and O–H groups in total. The maximum Gasteiger partial charge on any atom is 0.00747 e. The van der Waals surface area contributed by atoms with E-state index in [9.17, 15) is 0 Å². The quantitative estimate of drug-likeness (QED) is 0.623. The molecule has 2 rings (SSSR count). The van der Waals surface area contributed by atoms with Gasteiger partial charge in [0, 0.05) is 16.1 Å². The summed E-state index contributed by atoms with van der Waals surface area (Å²) in [5, 5.41) is 0.650. The fourth-order valence-corrected chi connectivity index (χ4v) is 3.22. The van der Waals surface area contributed by atoms with E-state index in [0.29, 0.717) is 17.1 Å². The zero-order chi connectivity index (χ0) is 13.8. The first-order valence-electron chi connectivity index (χ1n) is 7.21. The highest BCUT2D eigenvalue weighted by molar-refractivity contribution is 7.99. The summed E-state index contributed by atoms with van der Waals surface area (Å²) in [7, 11) is 0. The van der Waals surface area contributed by atoms with Crippen molar-refractivity contribution in [1.82, 2.24) is 0 Å². The molecule has 1 unspecified atom stereocenters. The van der Waals surface area contributed by atoms with E-state index in [4.69, 9.17) is 0 Å². The van der Waals surface area contributed by atoms with Crippen LogP contribution in [-0.4, -0.2) is 5.25 Å². The molecule has 1 aromatic carbocycles. The Morgan fingerprint density at radius 2 is 1.74 bits per heavy atom. The zero-order valence-corrected chi connectivity index (χ0v) is 13.2. The molecule has 1 atom stereocenters. The third kappa shape index (κ3) is 4.01. The van der Waals surface area contributed by atoms with Crippen molar-refractivity contribution >= 4 is 11.8 Å². The fraction of sp³-hybridized carbons (Fsp3) is 0.444. The molecule has 0 saturated heterocycles. The van der Waals surface area contributed by atoms with E-state index in [1.165, 1.54) is 16.0 Å². The lowest BCUT2D eigenvalue weighted by molar-refractivity contribution is 0.751. The second-order valence-electron chi connectivity index (χ2n) is 5.80. The molecule has 0 nitrogen and oxygen atoms in total. The van der Waals surface area contributed by atoms with Gasteiger partial charge in [0.25, 0.3) is 0 Å². The summed E-state index contributed by atoms with van der Waals surface area (Å²) in [6, 6.07) is 9.09. The van der Waals surface area contributed by atoms with Gasteiger partial charge in [0.2, 0.25) is 0 Å². The second-order valence-corrected chi connectivity index (χ2v) is 7.45. The minimum Gasteiger partial charge on any atom is -0.123 e. The van der Waals surface area contributed by atoms with Gasteiger partial charge in [0.05, 0.1) is 0 Å². The van der Waals surface area contributed by atoms with E-state index in [1.54, 1.807) is 0 Å². The standard InChI is InChI=1S/C18H24S/c1-13(2)15-5-7-16(8-6-15)17-9-11-18(12-10-17)19-14(3)4/h5-7,9-14,16H,8H2,1-4H3. The van der Waals surface area contributed by atoms with Crippen LogP contribution in [-0.2, 0) is 0 Å². The summed E-state index contributed by atoms with van der Waals surface area (Å²) in [5.74, 6) is 1.20. The third-order valence-electron chi connectivity index (χ3n) is 3.48. The smallest absolute Gasteiger partial charge is 0.00747 e. The highest BCUT2D eigenvalue weighted by Crippen LogP contribution is 2.31. The van der Waals surface area contributed by atoms with Gasteiger partial charge in [0.1, 0.15) is 0 Å². The molecule has 1 heteroatoms. The zero-order valence-electron chi connectivity index (χ0n) is 12.4. The predicted molar refractivity (Wildman–Crippen MR) is 86.9 cm³/mol. The molecular weight excluding hydrogens is 248 g/mol. The van der Waals surface area contributed by atoms with Crippen molar-refractivity contribution < 1.29 is 0 Å². The van der Waals surface area contributed by atoms with Crippen molar-refractivity contribution in [2.45, 2.75) is 50.2 Å². The Bertz CT molecular complexity index is 463. The van der Waals surface area contributed by atoms with Crippen LogP contribution in [0, 0.1) is 5.92 Å². The molecule has 19 heavy (non-hydrogen) atoms. The average Bonchev–Trinajstić information content (AvgIpc) is 2.39. The second kappa shape index (κ2) is 6.47. The molecule has 0 fully saturated rings. The van der Waals surface area contributed by atoms with Gasteiger partial charge in [-0.1, -0.05) is 58.1 Å². The van der Waals surface area contributed by atoms with E-state index < -0.39 is 0 Å². The van der Waals surface area contributed by atoms with Crippen molar-refractivity contribution in [2.75, 3.05) is 0 Å². The van der Waals surface area contributed by atoms with Gasteiger partial charge in [-0.25, -0.2) is 0 Å². The molecule has 0 amide bonds. The SMILES string of the molecule is CC(C)Sc1ccc(C2C=CC(C(C)C)=CC2)cc1. The van der Waals surface area contributed by atoms with Gasteiger partial charge >= 0.3 is 0 Å². The molecule has 0 bridgehead atoms. The number of rotatable bonds is 4. The molecule has 1 aromatic rings. The van der Waals surface area contributed by atoms with Gasteiger partial charge in [-0.15, -0.1) is 11.8 Å². The third-order valence-corrected chi connectivity index (χ3v) is 4.49. The fourth-order valence-electron chi connectivity index (χ4n) is 2.38. The minimum absolute atomic E-state index is 0.556. The maximum atomic E-state index is 2.39. The van der Waals surface area contributed by atoms with Gasteiger partial charge in [-0.05, 0) is 35.6 Å². The summed E-state index contributed by atoms with van der Waals surface area (Å²) in [4.78, 5) is 1.37. The van der Waals surface area contributed by atoms with Crippen LogP contribution in [0.3, 0.4) is 0 Å². The molecule has 1 aliphatic rings. The van der Waals surface area contributed by atoms with Crippen LogP contribution in [0.15, 0.2) is 53.0 Å². The van der Waals surface area contributed by atoms with Gasteiger partial charge < -0.3 is 0 Å². The highest BCUT2D eigenvalue weighted by atomic mass is 32.2. The lowest BCUT2D eigenvalue weighted by atomic mass is 9.87. The number of hydrogen-bond acceptors (Lipinski definition) is 1. The molecular formula is C18H24S. The largest absolute Gasteiger partial charge is 0.123 e. The van der Waals surface area contributed by atoms with Crippen LogP contribution in [0.5, 0.6) is 0 Å².